The van der Waals surface area contributed by atoms with Crippen molar-refractivity contribution in [2.45, 2.75) is 33.2 Å². The zero-order valence-corrected chi connectivity index (χ0v) is 9.16. The Hall–Kier alpha value is -1.08. The lowest BCUT2D eigenvalue weighted by Gasteiger charge is -2.25. The van der Waals surface area contributed by atoms with Crippen molar-refractivity contribution < 1.29 is 4.79 Å². The van der Waals surface area contributed by atoms with Gasteiger partial charge in [0.05, 0.1) is 18.5 Å². The Morgan fingerprint density at radius 3 is 2.50 bits per heavy atom. The van der Waals surface area contributed by atoms with E-state index in [0.717, 1.165) is 0 Å². The van der Waals surface area contributed by atoms with Gasteiger partial charge in [-0.3, -0.25) is 4.79 Å². The Bertz CT molecular complexity index is 220. The van der Waals surface area contributed by atoms with Gasteiger partial charge in [-0.25, -0.2) is 0 Å². The zero-order valence-electron chi connectivity index (χ0n) is 9.16. The van der Waals surface area contributed by atoms with Crippen LogP contribution in [0, 0.1) is 17.2 Å². The largest absolute Gasteiger partial charge is 0.341 e. The second-order valence-electron chi connectivity index (χ2n) is 3.60. The molecule has 0 bridgehead atoms. The first-order chi connectivity index (χ1) is 6.54. The van der Waals surface area contributed by atoms with E-state index in [4.69, 9.17) is 11.0 Å². The van der Waals surface area contributed by atoms with Gasteiger partial charge in [0.15, 0.2) is 0 Å². The third-order valence-corrected chi connectivity index (χ3v) is 2.19. The number of hydrogen-bond acceptors (Lipinski definition) is 3. The number of carbonyl (C=O) groups excluding carboxylic acids is 1. The molecule has 0 saturated carbocycles. The maximum atomic E-state index is 11.7. The van der Waals surface area contributed by atoms with Crippen LogP contribution in [0.1, 0.15) is 27.2 Å². The third kappa shape index (κ3) is 3.75. The van der Waals surface area contributed by atoms with E-state index in [9.17, 15) is 4.79 Å². The molecule has 0 heterocycles. The molecule has 1 atom stereocenters. The van der Waals surface area contributed by atoms with E-state index < -0.39 is 6.04 Å². The Labute approximate surface area is 85.7 Å². The normalized spacial score (nSPS) is 12.3. The van der Waals surface area contributed by atoms with Crippen LogP contribution in [0.5, 0.6) is 0 Å². The third-order valence-electron chi connectivity index (χ3n) is 2.19. The summed E-state index contributed by atoms with van der Waals surface area (Å²) in [6.07, 6.45) is 0.365. The molecular formula is C10H19N3O. The Balaban J connectivity index is 4.24. The second-order valence-corrected chi connectivity index (χ2v) is 3.60. The summed E-state index contributed by atoms with van der Waals surface area (Å²) >= 11 is 0. The monoisotopic (exact) mass is 197 g/mol. The fraction of sp³-hybridized carbons (Fsp3) is 0.800. The summed E-state index contributed by atoms with van der Waals surface area (Å²) in [5, 5.41) is 8.42. The van der Waals surface area contributed by atoms with E-state index in [0.29, 0.717) is 19.5 Å². The van der Waals surface area contributed by atoms with Crippen molar-refractivity contribution in [3.05, 3.63) is 0 Å². The smallest absolute Gasteiger partial charge is 0.239 e. The summed E-state index contributed by atoms with van der Waals surface area (Å²) < 4.78 is 0. The predicted octanol–water partition coefficient (Wildman–Crippen LogP) is 0.732. The molecule has 0 aliphatic rings. The number of rotatable bonds is 5. The predicted molar refractivity (Wildman–Crippen MR) is 55.3 cm³/mol. The summed E-state index contributed by atoms with van der Waals surface area (Å²) in [5.41, 5.74) is 5.73. The molecule has 0 radical (unpaired) electrons. The quantitative estimate of drug-likeness (QED) is 0.706. The first-order valence-corrected chi connectivity index (χ1v) is 4.95. The molecule has 0 aromatic rings. The number of nitrogens with zero attached hydrogens (tertiary/aromatic N) is 2. The van der Waals surface area contributed by atoms with Crippen molar-refractivity contribution in [1.82, 2.24) is 4.90 Å². The van der Waals surface area contributed by atoms with Crippen molar-refractivity contribution in [3.8, 4) is 6.07 Å². The van der Waals surface area contributed by atoms with Gasteiger partial charge in [0, 0.05) is 13.1 Å². The Kier molecular flexibility index (Phi) is 5.89. The van der Waals surface area contributed by atoms with Gasteiger partial charge >= 0.3 is 0 Å². The zero-order chi connectivity index (χ0) is 11.1. The van der Waals surface area contributed by atoms with E-state index in [2.05, 4.69) is 0 Å². The van der Waals surface area contributed by atoms with E-state index in [1.165, 1.54) is 0 Å². The fourth-order valence-corrected chi connectivity index (χ4v) is 1.11. The van der Waals surface area contributed by atoms with Crippen LogP contribution in [0.2, 0.25) is 0 Å². The Morgan fingerprint density at radius 1 is 1.57 bits per heavy atom. The molecule has 0 spiro atoms. The minimum Gasteiger partial charge on any atom is -0.341 e. The molecule has 0 fully saturated rings. The number of carbonyl (C=O) groups is 1. The molecule has 4 heteroatoms. The van der Waals surface area contributed by atoms with E-state index >= 15 is 0 Å². The molecule has 2 N–H and O–H groups in total. The van der Waals surface area contributed by atoms with E-state index in [1.807, 2.05) is 26.8 Å². The van der Waals surface area contributed by atoms with Crippen LogP contribution in [0.3, 0.4) is 0 Å². The molecule has 0 aliphatic heterocycles. The van der Waals surface area contributed by atoms with Crippen molar-refractivity contribution in [2.24, 2.45) is 11.7 Å². The molecular weight excluding hydrogens is 178 g/mol. The number of likely N-dealkylation sites (N-methyl/N-ethyl adjacent to an activating group) is 1. The summed E-state index contributed by atoms with van der Waals surface area (Å²) in [6, 6.07) is 1.57. The van der Waals surface area contributed by atoms with Gasteiger partial charge in [-0.1, -0.05) is 13.8 Å². The second kappa shape index (κ2) is 6.39. The molecule has 0 saturated heterocycles. The molecule has 80 valence electrons. The first kappa shape index (κ1) is 12.9. The van der Waals surface area contributed by atoms with E-state index in [-0.39, 0.29) is 11.8 Å². The van der Waals surface area contributed by atoms with E-state index in [1.54, 1.807) is 4.90 Å². The Morgan fingerprint density at radius 2 is 2.14 bits per heavy atom. The van der Waals surface area contributed by atoms with Gasteiger partial charge in [-0.15, -0.1) is 0 Å². The maximum Gasteiger partial charge on any atom is 0.239 e. The van der Waals surface area contributed by atoms with Crippen molar-refractivity contribution in [2.75, 3.05) is 13.1 Å². The number of nitriles is 1. The summed E-state index contributed by atoms with van der Waals surface area (Å²) in [6.45, 7) is 6.82. The standard InChI is InChI=1S/C10H19N3O/c1-4-13(7-5-6-11)10(14)9(12)8(2)3/h8-9H,4-5,7,12H2,1-3H3. The van der Waals surface area contributed by atoms with Crippen LogP contribution < -0.4 is 5.73 Å². The fourth-order valence-electron chi connectivity index (χ4n) is 1.11. The number of amides is 1. The molecule has 1 unspecified atom stereocenters. The van der Waals surface area contributed by atoms with Crippen LogP contribution in [0.4, 0.5) is 0 Å². The van der Waals surface area contributed by atoms with Crippen LogP contribution in [0.25, 0.3) is 0 Å². The van der Waals surface area contributed by atoms with Gasteiger partial charge in [0.2, 0.25) is 5.91 Å². The summed E-state index contributed by atoms with van der Waals surface area (Å²) in [5.74, 6) is 0.0800. The van der Waals surface area contributed by atoms with Crippen LogP contribution >= 0.6 is 0 Å². The molecule has 0 aromatic heterocycles. The average molecular weight is 197 g/mol. The van der Waals surface area contributed by atoms with Crippen LogP contribution in [0.15, 0.2) is 0 Å². The van der Waals surface area contributed by atoms with Crippen LogP contribution in [-0.2, 0) is 4.79 Å². The average Bonchev–Trinajstić information content (AvgIpc) is 2.17. The van der Waals surface area contributed by atoms with Gasteiger partial charge in [-0.2, -0.15) is 5.26 Å². The highest BCUT2D eigenvalue weighted by atomic mass is 16.2. The molecule has 4 nitrogen and oxygen atoms in total. The highest BCUT2D eigenvalue weighted by Crippen LogP contribution is 2.03. The number of nitrogens with two attached hydrogens (primary N) is 1. The minimum absolute atomic E-state index is 0.0576. The SMILES string of the molecule is CCN(CCC#N)C(=O)C(N)C(C)C. The van der Waals surface area contributed by atoms with Crippen molar-refractivity contribution in [1.29, 1.82) is 5.26 Å². The molecule has 1 amide bonds. The molecule has 0 rings (SSSR count). The molecule has 0 aliphatic carbocycles. The molecule has 14 heavy (non-hydrogen) atoms. The van der Waals surface area contributed by atoms with Crippen molar-refractivity contribution in [3.63, 3.8) is 0 Å². The highest BCUT2D eigenvalue weighted by molar-refractivity contribution is 5.81. The van der Waals surface area contributed by atoms with Gasteiger partial charge in [0.25, 0.3) is 0 Å². The lowest BCUT2D eigenvalue weighted by Crippen LogP contribution is -2.46. The number of hydrogen-bond donors (Lipinski definition) is 1. The summed E-state index contributed by atoms with van der Waals surface area (Å²) in [4.78, 5) is 13.3. The first-order valence-electron chi connectivity index (χ1n) is 4.95. The van der Waals surface area contributed by atoms with Gasteiger partial charge < -0.3 is 10.6 Å². The lowest BCUT2D eigenvalue weighted by atomic mass is 10.0. The van der Waals surface area contributed by atoms with Crippen molar-refractivity contribution >= 4 is 5.91 Å². The molecule has 0 aromatic carbocycles. The topological polar surface area (TPSA) is 70.1 Å². The lowest BCUT2D eigenvalue weighted by molar-refractivity contribution is -0.133. The highest BCUT2D eigenvalue weighted by Gasteiger charge is 2.21. The minimum atomic E-state index is -0.450. The summed E-state index contributed by atoms with van der Waals surface area (Å²) in [7, 11) is 0. The van der Waals surface area contributed by atoms with Gasteiger partial charge in [0.1, 0.15) is 0 Å². The van der Waals surface area contributed by atoms with Gasteiger partial charge in [-0.05, 0) is 12.8 Å². The maximum absolute atomic E-state index is 11.7. The van der Waals surface area contributed by atoms with Crippen LogP contribution in [-0.4, -0.2) is 29.9 Å².